The second-order valence-corrected chi connectivity index (χ2v) is 10.1. The van der Waals surface area contributed by atoms with E-state index in [0.717, 1.165) is 30.4 Å². The monoisotopic (exact) mass is 406 g/mol. The first-order valence-electron chi connectivity index (χ1n) is 10.8. The van der Waals surface area contributed by atoms with Crippen LogP contribution in [0.4, 0.5) is 0 Å². The van der Waals surface area contributed by atoms with Gasteiger partial charge in [0, 0.05) is 23.7 Å². The third kappa shape index (κ3) is 5.71. The van der Waals surface area contributed by atoms with Crippen molar-refractivity contribution in [2.24, 2.45) is 10.8 Å². The maximum absolute atomic E-state index is 12.7. The molecule has 2 amide bonds. The van der Waals surface area contributed by atoms with Gasteiger partial charge in [-0.2, -0.15) is 0 Å². The van der Waals surface area contributed by atoms with Gasteiger partial charge in [0.25, 0.3) is 11.8 Å². The highest BCUT2D eigenvalue weighted by Gasteiger charge is 2.41. The SMILES string of the molecule is Cc1ccc(C(=O)NCC2(C)CC(NC(=O)c3ccc(C)cc3)CC(C)(C)C2)cc1. The minimum Gasteiger partial charge on any atom is -0.351 e. The van der Waals surface area contributed by atoms with E-state index in [1.165, 1.54) is 0 Å². The van der Waals surface area contributed by atoms with Crippen LogP contribution in [0, 0.1) is 24.7 Å². The van der Waals surface area contributed by atoms with Crippen LogP contribution in [0.3, 0.4) is 0 Å². The van der Waals surface area contributed by atoms with E-state index in [4.69, 9.17) is 0 Å². The molecule has 2 N–H and O–H groups in total. The highest BCUT2D eigenvalue weighted by atomic mass is 16.2. The van der Waals surface area contributed by atoms with E-state index in [-0.39, 0.29) is 28.7 Å². The predicted octanol–water partition coefficient (Wildman–Crippen LogP) is 5.05. The highest BCUT2D eigenvalue weighted by molar-refractivity contribution is 5.94. The molecule has 1 aliphatic carbocycles. The van der Waals surface area contributed by atoms with Gasteiger partial charge in [-0.15, -0.1) is 0 Å². The van der Waals surface area contributed by atoms with Gasteiger partial charge in [-0.05, 0) is 68.2 Å². The molecular formula is C26H34N2O2. The second kappa shape index (κ2) is 8.63. The summed E-state index contributed by atoms with van der Waals surface area (Å²) >= 11 is 0. The second-order valence-electron chi connectivity index (χ2n) is 10.1. The largest absolute Gasteiger partial charge is 0.351 e. The Morgan fingerprint density at radius 2 is 1.33 bits per heavy atom. The molecule has 160 valence electrons. The van der Waals surface area contributed by atoms with Gasteiger partial charge in [0.2, 0.25) is 0 Å². The Hall–Kier alpha value is -2.62. The molecule has 2 aromatic rings. The van der Waals surface area contributed by atoms with Crippen LogP contribution in [0.5, 0.6) is 0 Å². The van der Waals surface area contributed by atoms with Gasteiger partial charge < -0.3 is 10.6 Å². The maximum atomic E-state index is 12.7. The highest BCUT2D eigenvalue weighted by Crippen LogP contribution is 2.45. The Labute approximate surface area is 180 Å². The Balaban J connectivity index is 1.65. The lowest BCUT2D eigenvalue weighted by atomic mass is 9.62. The van der Waals surface area contributed by atoms with Crippen molar-refractivity contribution in [2.45, 2.75) is 59.9 Å². The number of carbonyl (C=O) groups is 2. The molecule has 4 heteroatoms. The fourth-order valence-electron chi connectivity index (χ4n) is 4.94. The van der Waals surface area contributed by atoms with E-state index in [0.29, 0.717) is 17.7 Å². The molecular weight excluding hydrogens is 372 g/mol. The van der Waals surface area contributed by atoms with Gasteiger partial charge >= 0.3 is 0 Å². The predicted molar refractivity (Wildman–Crippen MR) is 122 cm³/mol. The molecule has 0 aromatic heterocycles. The van der Waals surface area contributed by atoms with Crippen LogP contribution in [-0.2, 0) is 0 Å². The zero-order valence-electron chi connectivity index (χ0n) is 18.8. The summed E-state index contributed by atoms with van der Waals surface area (Å²) in [6.07, 6.45) is 2.79. The summed E-state index contributed by atoms with van der Waals surface area (Å²) in [4.78, 5) is 25.3. The first-order chi connectivity index (χ1) is 14.1. The molecule has 1 aliphatic rings. The number of carbonyl (C=O) groups excluding carboxylic acids is 2. The molecule has 2 unspecified atom stereocenters. The number of nitrogens with one attached hydrogen (secondary N) is 2. The van der Waals surface area contributed by atoms with Gasteiger partial charge in [0.15, 0.2) is 0 Å². The summed E-state index contributed by atoms with van der Waals surface area (Å²) < 4.78 is 0. The first-order valence-corrected chi connectivity index (χ1v) is 10.8. The average molecular weight is 407 g/mol. The number of benzene rings is 2. The van der Waals surface area contributed by atoms with Gasteiger partial charge in [-0.3, -0.25) is 9.59 Å². The van der Waals surface area contributed by atoms with Crippen LogP contribution < -0.4 is 10.6 Å². The van der Waals surface area contributed by atoms with Crippen molar-refractivity contribution >= 4 is 11.8 Å². The molecule has 4 nitrogen and oxygen atoms in total. The van der Waals surface area contributed by atoms with Crippen molar-refractivity contribution in [2.75, 3.05) is 6.54 Å². The molecule has 0 radical (unpaired) electrons. The lowest BCUT2D eigenvalue weighted by Crippen LogP contribution is -2.50. The molecule has 3 rings (SSSR count). The summed E-state index contributed by atoms with van der Waals surface area (Å²) in [6.45, 7) is 11.3. The molecule has 0 aliphatic heterocycles. The first kappa shape index (κ1) is 22.1. The van der Waals surface area contributed by atoms with Crippen LogP contribution in [0.2, 0.25) is 0 Å². The van der Waals surface area contributed by atoms with Crippen LogP contribution in [-0.4, -0.2) is 24.4 Å². The van der Waals surface area contributed by atoms with Gasteiger partial charge in [0.1, 0.15) is 0 Å². The fourth-order valence-corrected chi connectivity index (χ4v) is 4.94. The molecule has 0 bridgehead atoms. The normalized spacial score (nSPS) is 22.9. The van der Waals surface area contributed by atoms with E-state index in [2.05, 4.69) is 31.4 Å². The van der Waals surface area contributed by atoms with Crippen LogP contribution in [0.1, 0.15) is 71.9 Å². The van der Waals surface area contributed by atoms with E-state index in [1.54, 1.807) is 0 Å². The Morgan fingerprint density at radius 1 is 0.833 bits per heavy atom. The summed E-state index contributed by atoms with van der Waals surface area (Å²) in [6, 6.07) is 15.4. The standard InChI is InChI=1S/C26H34N2O2/c1-18-6-10-20(11-7-18)23(29)27-17-26(5)15-22(14-25(3,4)16-26)28-24(30)21-12-8-19(2)9-13-21/h6-13,22H,14-17H2,1-5H3,(H,27,29)(H,28,30). The van der Waals surface area contributed by atoms with Crippen molar-refractivity contribution in [1.29, 1.82) is 0 Å². The zero-order valence-corrected chi connectivity index (χ0v) is 18.8. The third-order valence-corrected chi connectivity index (χ3v) is 6.08. The summed E-state index contributed by atoms with van der Waals surface area (Å²) in [5.74, 6) is -0.0661. The Kier molecular flexibility index (Phi) is 6.35. The summed E-state index contributed by atoms with van der Waals surface area (Å²) in [5, 5.41) is 6.37. The molecule has 1 fully saturated rings. The maximum Gasteiger partial charge on any atom is 0.251 e. The Bertz CT molecular complexity index is 900. The number of hydrogen-bond acceptors (Lipinski definition) is 2. The Morgan fingerprint density at radius 3 is 1.87 bits per heavy atom. The molecule has 0 heterocycles. The quantitative estimate of drug-likeness (QED) is 0.730. The van der Waals surface area contributed by atoms with Crippen LogP contribution >= 0.6 is 0 Å². The molecule has 2 aromatic carbocycles. The molecule has 0 spiro atoms. The average Bonchev–Trinajstić information content (AvgIpc) is 2.65. The van der Waals surface area contributed by atoms with Gasteiger partial charge in [-0.1, -0.05) is 56.2 Å². The van der Waals surface area contributed by atoms with Gasteiger partial charge in [0.05, 0.1) is 0 Å². The van der Waals surface area contributed by atoms with E-state index >= 15 is 0 Å². The summed E-state index contributed by atoms with van der Waals surface area (Å²) in [7, 11) is 0. The number of aryl methyl sites for hydroxylation is 2. The number of amides is 2. The minimum atomic E-state index is -0.0761. The van der Waals surface area contributed by atoms with Crippen molar-refractivity contribution in [3.63, 3.8) is 0 Å². The zero-order chi connectivity index (χ0) is 21.9. The topological polar surface area (TPSA) is 58.2 Å². The molecule has 1 saturated carbocycles. The number of hydrogen-bond donors (Lipinski definition) is 2. The smallest absolute Gasteiger partial charge is 0.251 e. The van der Waals surface area contributed by atoms with Gasteiger partial charge in [-0.25, -0.2) is 0 Å². The summed E-state index contributed by atoms with van der Waals surface area (Å²) in [5.41, 5.74) is 3.67. The van der Waals surface area contributed by atoms with E-state index in [9.17, 15) is 9.59 Å². The lowest BCUT2D eigenvalue weighted by molar-refractivity contribution is 0.0592. The minimum absolute atomic E-state index is 0.0243. The van der Waals surface area contributed by atoms with Crippen LogP contribution in [0.25, 0.3) is 0 Å². The fraction of sp³-hybridized carbons (Fsp3) is 0.462. The third-order valence-electron chi connectivity index (χ3n) is 6.08. The van der Waals surface area contributed by atoms with Crippen LogP contribution in [0.15, 0.2) is 48.5 Å². The van der Waals surface area contributed by atoms with Crippen molar-refractivity contribution in [1.82, 2.24) is 10.6 Å². The van der Waals surface area contributed by atoms with Crippen molar-refractivity contribution < 1.29 is 9.59 Å². The lowest BCUT2D eigenvalue weighted by Gasteiger charge is -2.47. The molecule has 0 saturated heterocycles. The van der Waals surface area contributed by atoms with E-state index in [1.807, 2.05) is 62.4 Å². The van der Waals surface area contributed by atoms with E-state index < -0.39 is 0 Å². The van der Waals surface area contributed by atoms with Crippen molar-refractivity contribution in [3.05, 3.63) is 70.8 Å². The molecule has 30 heavy (non-hydrogen) atoms. The number of rotatable bonds is 5. The van der Waals surface area contributed by atoms with Crippen molar-refractivity contribution in [3.8, 4) is 0 Å². The molecule has 2 atom stereocenters.